The molecule has 0 N–H and O–H groups in total. The number of benzene rings is 1. The predicted molar refractivity (Wildman–Crippen MR) is 77.8 cm³/mol. The van der Waals surface area contributed by atoms with Gasteiger partial charge in [0.1, 0.15) is 12.4 Å². The smallest absolute Gasteiger partial charge is 0.191 e. The monoisotopic (exact) mass is 295 g/mol. The molecule has 0 atom stereocenters. The van der Waals surface area contributed by atoms with E-state index in [4.69, 9.17) is 16.3 Å². The van der Waals surface area contributed by atoms with E-state index < -0.39 is 0 Å². The van der Waals surface area contributed by atoms with E-state index in [2.05, 4.69) is 16.8 Å². The molecule has 1 aromatic heterocycles. The molecule has 0 radical (unpaired) electrons. The zero-order valence-electron chi connectivity index (χ0n) is 10.5. The van der Waals surface area contributed by atoms with Crippen molar-refractivity contribution in [3.8, 4) is 5.75 Å². The van der Waals surface area contributed by atoms with Gasteiger partial charge in [-0.15, -0.1) is 16.8 Å². The SMILES string of the molecule is C=CCn1c(COc2ccc(Cl)cc2)nnc1SC. The third-order valence-electron chi connectivity index (χ3n) is 2.47. The van der Waals surface area contributed by atoms with Crippen LogP contribution >= 0.6 is 23.4 Å². The van der Waals surface area contributed by atoms with Crippen LogP contribution in [0.1, 0.15) is 5.82 Å². The molecule has 1 aromatic carbocycles. The van der Waals surface area contributed by atoms with E-state index in [0.717, 1.165) is 16.7 Å². The Kier molecular flexibility index (Phi) is 4.87. The molecule has 0 saturated carbocycles. The number of hydrogen-bond acceptors (Lipinski definition) is 4. The van der Waals surface area contributed by atoms with Crippen LogP contribution in [0.15, 0.2) is 42.1 Å². The zero-order chi connectivity index (χ0) is 13.7. The van der Waals surface area contributed by atoms with Crippen LogP contribution in [0.4, 0.5) is 0 Å². The van der Waals surface area contributed by atoms with E-state index in [1.165, 1.54) is 0 Å². The molecule has 2 aromatic rings. The third kappa shape index (κ3) is 3.52. The van der Waals surface area contributed by atoms with Crippen molar-refractivity contribution in [2.75, 3.05) is 6.26 Å². The minimum atomic E-state index is 0.364. The van der Waals surface area contributed by atoms with Crippen molar-refractivity contribution >= 4 is 23.4 Å². The van der Waals surface area contributed by atoms with Gasteiger partial charge in [-0.1, -0.05) is 29.4 Å². The summed E-state index contributed by atoms with van der Waals surface area (Å²) in [6.07, 6.45) is 3.78. The summed E-state index contributed by atoms with van der Waals surface area (Å²) in [5, 5.41) is 9.78. The van der Waals surface area contributed by atoms with Crippen molar-refractivity contribution in [3.63, 3.8) is 0 Å². The van der Waals surface area contributed by atoms with Crippen LogP contribution in [0, 0.1) is 0 Å². The number of allylic oxidation sites excluding steroid dienone is 1. The lowest BCUT2D eigenvalue weighted by Gasteiger charge is -2.08. The van der Waals surface area contributed by atoms with Crippen LogP contribution in [-0.4, -0.2) is 21.0 Å². The number of hydrogen-bond donors (Lipinski definition) is 0. The average Bonchev–Trinajstić information content (AvgIpc) is 2.81. The highest BCUT2D eigenvalue weighted by atomic mass is 35.5. The Labute approximate surface area is 121 Å². The maximum atomic E-state index is 5.82. The van der Waals surface area contributed by atoms with Crippen LogP contribution in [0.2, 0.25) is 5.02 Å². The third-order valence-corrected chi connectivity index (χ3v) is 3.39. The Bertz CT molecular complexity index is 554. The molecule has 1 heterocycles. The molecule has 0 aliphatic rings. The number of rotatable bonds is 6. The highest BCUT2D eigenvalue weighted by Gasteiger charge is 2.10. The molecule has 0 amide bonds. The van der Waals surface area contributed by atoms with Crippen molar-refractivity contribution in [1.29, 1.82) is 0 Å². The minimum absolute atomic E-state index is 0.364. The summed E-state index contributed by atoms with van der Waals surface area (Å²) < 4.78 is 7.65. The van der Waals surface area contributed by atoms with Crippen LogP contribution in [0.25, 0.3) is 0 Å². The number of thioether (sulfide) groups is 1. The molecule has 4 nitrogen and oxygen atoms in total. The highest BCUT2D eigenvalue weighted by molar-refractivity contribution is 7.98. The highest BCUT2D eigenvalue weighted by Crippen LogP contribution is 2.18. The summed E-state index contributed by atoms with van der Waals surface area (Å²) in [7, 11) is 0. The van der Waals surface area contributed by atoms with Gasteiger partial charge in [0.25, 0.3) is 0 Å². The summed E-state index contributed by atoms with van der Waals surface area (Å²) in [6.45, 7) is 4.77. The number of nitrogens with zero attached hydrogens (tertiary/aromatic N) is 3. The van der Waals surface area contributed by atoms with E-state index in [1.807, 2.05) is 29.0 Å². The van der Waals surface area contributed by atoms with Crippen LogP contribution in [-0.2, 0) is 13.2 Å². The quantitative estimate of drug-likeness (QED) is 0.605. The van der Waals surface area contributed by atoms with E-state index >= 15 is 0 Å². The summed E-state index contributed by atoms with van der Waals surface area (Å²) in [4.78, 5) is 0. The molecule has 0 spiro atoms. The Morgan fingerprint density at radius 1 is 1.37 bits per heavy atom. The first-order chi connectivity index (χ1) is 9.24. The van der Waals surface area contributed by atoms with Gasteiger partial charge in [-0.3, -0.25) is 4.57 Å². The van der Waals surface area contributed by atoms with E-state index in [-0.39, 0.29) is 0 Å². The second-order valence-corrected chi connectivity index (χ2v) is 4.95. The van der Waals surface area contributed by atoms with Crippen LogP contribution in [0.3, 0.4) is 0 Å². The second kappa shape index (κ2) is 6.63. The van der Waals surface area contributed by atoms with E-state index in [9.17, 15) is 0 Å². The minimum Gasteiger partial charge on any atom is -0.486 e. The first-order valence-electron chi connectivity index (χ1n) is 5.70. The number of halogens is 1. The van der Waals surface area contributed by atoms with Crippen molar-refractivity contribution in [2.45, 2.75) is 18.3 Å². The lowest BCUT2D eigenvalue weighted by atomic mass is 10.3. The standard InChI is InChI=1S/C13H14ClN3OS/c1-3-8-17-12(15-16-13(17)19-2)9-18-11-6-4-10(14)5-7-11/h3-7H,1,8-9H2,2H3. The maximum absolute atomic E-state index is 5.82. The van der Waals surface area contributed by atoms with E-state index in [1.54, 1.807) is 23.9 Å². The molecule has 19 heavy (non-hydrogen) atoms. The Balaban J connectivity index is 2.08. The van der Waals surface area contributed by atoms with Gasteiger partial charge >= 0.3 is 0 Å². The second-order valence-electron chi connectivity index (χ2n) is 3.74. The molecule has 0 bridgehead atoms. The molecule has 6 heteroatoms. The van der Waals surface area contributed by atoms with Crippen molar-refractivity contribution < 1.29 is 4.74 Å². The summed E-state index contributed by atoms with van der Waals surface area (Å²) in [5.74, 6) is 1.53. The normalized spacial score (nSPS) is 10.4. The van der Waals surface area contributed by atoms with Gasteiger partial charge in [-0.25, -0.2) is 0 Å². The average molecular weight is 296 g/mol. The van der Waals surface area contributed by atoms with Crippen molar-refractivity contribution in [3.05, 3.63) is 47.8 Å². The molecule has 2 rings (SSSR count). The predicted octanol–water partition coefficient (Wildman–Crippen LogP) is 3.42. The van der Waals surface area contributed by atoms with Gasteiger partial charge in [-0.2, -0.15) is 0 Å². The number of aromatic nitrogens is 3. The summed E-state index contributed by atoms with van der Waals surface area (Å²) >= 11 is 7.37. The molecule has 100 valence electrons. The van der Waals surface area contributed by atoms with Gasteiger partial charge < -0.3 is 4.74 Å². The van der Waals surface area contributed by atoms with Crippen molar-refractivity contribution in [2.24, 2.45) is 0 Å². The molecule has 0 aliphatic heterocycles. The molecule has 0 unspecified atom stereocenters. The molecule has 0 fully saturated rings. The van der Waals surface area contributed by atoms with Crippen molar-refractivity contribution in [1.82, 2.24) is 14.8 Å². The fourth-order valence-corrected chi connectivity index (χ4v) is 2.22. The lowest BCUT2D eigenvalue weighted by Crippen LogP contribution is -2.07. The zero-order valence-corrected chi connectivity index (χ0v) is 12.1. The van der Waals surface area contributed by atoms with E-state index in [0.29, 0.717) is 18.2 Å². The molecular weight excluding hydrogens is 282 g/mol. The van der Waals surface area contributed by atoms with Gasteiger partial charge in [0.2, 0.25) is 0 Å². The Hall–Kier alpha value is -1.46. The van der Waals surface area contributed by atoms with Gasteiger partial charge in [-0.05, 0) is 30.5 Å². The maximum Gasteiger partial charge on any atom is 0.191 e. The van der Waals surface area contributed by atoms with Gasteiger partial charge in [0.15, 0.2) is 11.0 Å². The Morgan fingerprint density at radius 3 is 2.74 bits per heavy atom. The summed E-state index contributed by atoms with van der Waals surface area (Å²) in [6, 6.07) is 7.23. The largest absolute Gasteiger partial charge is 0.486 e. The topological polar surface area (TPSA) is 39.9 Å². The number of ether oxygens (including phenoxy) is 1. The first kappa shape index (κ1) is 14.0. The molecule has 0 aliphatic carbocycles. The molecular formula is C13H14ClN3OS. The van der Waals surface area contributed by atoms with Crippen LogP contribution < -0.4 is 4.74 Å². The Morgan fingerprint density at radius 2 is 2.11 bits per heavy atom. The fourth-order valence-electron chi connectivity index (χ4n) is 1.57. The fraction of sp³-hybridized carbons (Fsp3) is 0.231. The van der Waals surface area contributed by atoms with Gasteiger partial charge in [0.05, 0.1) is 0 Å². The first-order valence-corrected chi connectivity index (χ1v) is 7.30. The van der Waals surface area contributed by atoms with Crippen LogP contribution in [0.5, 0.6) is 5.75 Å². The molecule has 0 saturated heterocycles. The summed E-state index contributed by atoms with van der Waals surface area (Å²) in [5.41, 5.74) is 0. The van der Waals surface area contributed by atoms with Gasteiger partial charge in [0, 0.05) is 11.6 Å². The lowest BCUT2D eigenvalue weighted by molar-refractivity contribution is 0.289.